The highest BCUT2D eigenvalue weighted by Crippen LogP contribution is 2.18. The molecule has 2 heterocycles. The standard InChI is InChI=1S/C14H24N4O3/c1-20-12-8-13(21-2)17-14(16-12)15-5-7-18-6-3-4-11(9-18)10-19/h8,11,19H,3-7,9-10H2,1-2H3,(H,15,16,17). The number of hydrogen-bond donors (Lipinski definition) is 2. The molecule has 1 fully saturated rings. The molecule has 21 heavy (non-hydrogen) atoms. The second kappa shape index (κ2) is 7.99. The summed E-state index contributed by atoms with van der Waals surface area (Å²) < 4.78 is 10.2. The Morgan fingerprint density at radius 2 is 2.05 bits per heavy atom. The lowest BCUT2D eigenvalue weighted by Gasteiger charge is -2.31. The van der Waals surface area contributed by atoms with Crippen LogP contribution in [0.3, 0.4) is 0 Å². The number of piperidine rings is 1. The summed E-state index contributed by atoms with van der Waals surface area (Å²) in [4.78, 5) is 10.8. The summed E-state index contributed by atoms with van der Waals surface area (Å²) in [6.07, 6.45) is 2.27. The Bertz CT molecular complexity index is 422. The zero-order valence-corrected chi connectivity index (χ0v) is 12.7. The number of hydrogen-bond acceptors (Lipinski definition) is 7. The highest BCUT2D eigenvalue weighted by molar-refractivity contribution is 5.33. The van der Waals surface area contributed by atoms with Crippen LogP contribution in [0.4, 0.5) is 5.95 Å². The molecule has 7 nitrogen and oxygen atoms in total. The van der Waals surface area contributed by atoms with Gasteiger partial charge >= 0.3 is 0 Å². The zero-order chi connectivity index (χ0) is 15.1. The number of aromatic nitrogens is 2. The van der Waals surface area contributed by atoms with Crippen LogP contribution in [0.1, 0.15) is 12.8 Å². The van der Waals surface area contributed by atoms with E-state index in [1.807, 2.05) is 0 Å². The number of ether oxygens (including phenoxy) is 2. The van der Waals surface area contributed by atoms with Crippen LogP contribution >= 0.6 is 0 Å². The normalized spacial score (nSPS) is 19.3. The molecule has 118 valence electrons. The van der Waals surface area contributed by atoms with Gasteiger partial charge in [-0.05, 0) is 25.3 Å². The fourth-order valence-electron chi connectivity index (χ4n) is 2.52. The van der Waals surface area contributed by atoms with Crippen LogP contribution in [-0.2, 0) is 0 Å². The third-order valence-corrected chi connectivity index (χ3v) is 3.67. The molecule has 1 aliphatic heterocycles. The minimum atomic E-state index is 0.278. The van der Waals surface area contributed by atoms with Crippen molar-refractivity contribution >= 4 is 5.95 Å². The number of nitrogens with one attached hydrogen (secondary N) is 1. The molecule has 1 atom stereocenters. The highest BCUT2D eigenvalue weighted by Gasteiger charge is 2.18. The Morgan fingerprint density at radius 1 is 1.33 bits per heavy atom. The van der Waals surface area contributed by atoms with Crippen molar-refractivity contribution in [3.8, 4) is 11.8 Å². The number of nitrogens with zero attached hydrogens (tertiary/aromatic N) is 3. The van der Waals surface area contributed by atoms with Gasteiger partial charge in [0.15, 0.2) is 0 Å². The lowest BCUT2D eigenvalue weighted by Crippen LogP contribution is -2.39. The van der Waals surface area contributed by atoms with Gasteiger partial charge in [-0.2, -0.15) is 9.97 Å². The van der Waals surface area contributed by atoms with Crippen molar-refractivity contribution in [1.82, 2.24) is 14.9 Å². The zero-order valence-electron chi connectivity index (χ0n) is 12.7. The maximum atomic E-state index is 9.24. The van der Waals surface area contributed by atoms with E-state index in [1.54, 1.807) is 20.3 Å². The van der Waals surface area contributed by atoms with E-state index in [-0.39, 0.29) is 6.61 Å². The molecule has 0 spiro atoms. The smallest absolute Gasteiger partial charge is 0.229 e. The van der Waals surface area contributed by atoms with Gasteiger partial charge in [0, 0.05) is 26.2 Å². The van der Waals surface area contributed by atoms with Gasteiger partial charge < -0.3 is 24.8 Å². The van der Waals surface area contributed by atoms with Crippen LogP contribution < -0.4 is 14.8 Å². The summed E-state index contributed by atoms with van der Waals surface area (Å²) in [6.45, 7) is 3.97. The maximum Gasteiger partial charge on any atom is 0.229 e. The Morgan fingerprint density at radius 3 is 2.67 bits per heavy atom. The van der Waals surface area contributed by atoms with E-state index in [2.05, 4.69) is 20.2 Å². The van der Waals surface area contributed by atoms with Gasteiger partial charge in [-0.15, -0.1) is 0 Å². The molecule has 0 aliphatic carbocycles. The largest absolute Gasteiger partial charge is 0.481 e. The number of methoxy groups -OCH3 is 2. The summed E-state index contributed by atoms with van der Waals surface area (Å²) >= 11 is 0. The summed E-state index contributed by atoms with van der Waals surface area (Å²) in [5.41, 5.74) is 0. The first-order chi connectivity index (χ1) is 10.2. The molecular weight excluding hydrogens is 272 g/mol. The first-order valence-corrected chi connectivity index (χ1v) is 7.29. The predicted molar refractivity (Wildman–Crippen MR) is 79.9 cm³/mol. The number of anilines is 1. The molecule has 0 aromatic carbocycles. The number of likely N-dealkylation sites (tertiary alicyclic amines) is 1. The van der Waals surface area contributed by atoms with Gasteiger partial charge in [-0.3, -0.25) is 0 Å². The molecule has 1 aromatic heterocycles. The van der Waals surface area contributed by atoms with Gasteiger partial charge in [0.2, 0.25) is 17.7 Å². The summed E-state index contributed by atoms with van der Waals surface area (Å²) in [6, 6.07) is 1.64. The minimum Gasteiger partial charge on any atom is -0.481 e. The first kappa shape index (κ1) is 15.8. The molecular formula is C14H24N4O3. The first-order valence-electron chi connectivity index (χ1n) is 7.29. The van der Waals surface area contributed by atoms with E-state index in [0.29, 0.717) is 23.6 Å². The fraction of sp³-hybridized carbons (Fsp3) is 0.714. The summed E-state index contributed by atoms with van der Waals surface area (Å²) in [7, 11) is 3.13. The number of rotatable bonds is 7. The van der Waals surface area contributed by atoms with Crippen molar-refractivity contribution in [2.45, 2.75) is 12.8 Å². The van der Waals surface area contributed by atoms with Crippen LogP contribution in [0, 0.1) is 5.92 Å². The van der Waals surface area contributed by atoms with Crippen molar-refractivity contribution in [2.24, 2.45) is 5.92 Å². The maximum absolute atomic E-state index is 9.24. The van der Waals surface area contributed by atoms with Crippen LogP contribution in [0.5, 0.6) is 11.8 Å². The summed E-state index contributed by atoms with van der Waals surface area (Å²) in [5, 5.41) is 12.4. The monoisotopic (exact) mass is 296 g/mol. The van der Waals surface area contributed by atoms with Crippen molar-refractivity contribution in [1.29, 1.82) is 0 Å². The molecule has 1 aromatic rings. The lowest BCUT2D eigenvalue weighted by molar-refractivity contribution is 0.123. The SMILES string of the molecule is COc1cc(OC)nc(NCCN2CCCC(CO)C2)n1. The third kappa shape index (κ3) is 4.71. The molecule has 0 radical (unpaired) electrons. The van der Waals surface area contributed by atoms with Gasteiger partial charge in [-0.1, -0.05) is 0 Å². The van der Waals surface area contributed by atoms with Crippen molar-refractivity contribution < 1.29 is 14.6 Å². The van der Waals surface area contributed by atoms with Crippen LogP contribution in [0.2, 0.25) is 0 Å². The predicted octanol–water partition coefficient (Wildman–Crippen LogP) is 0.610. The van der Waals surface area contributed by atoms with Gasteiger partial charge in [-0.25, -0.2) is 0 Å². The Kier molecular flexibility index (Phi) is 6.01. The Balaban J connectivity index is 1.82. The Hall–Kier alpha value is -1.60. The van der Waals surface area contributed by atoms with E-state index >= 15 is 0 Å². The van der Waals surface area contributed by atoms with E-state index in [4.69, 9.17) is 9.47 Å². The Labute approximate surface area is 125 Å². The molecule has 7 heteroatoms. The second-order valence-electron chi connectivity index (χ2n) is 5.19. The number of aliphatic hydroxyl groups excluding tert-OH is 1. The molecule has 1 saturated heterocycles. The van der Waals surface area contributed by atoms with Gasteiger partial charge in [0.1, 0.15) is 0 Å². The minimum absolute atomic E-state index is 0.278. The molecule has 2 N–H and O–H groups in total. The van der Waals surface area contributed by atoms with E-state index in [9.17, 15) is 5.11 Å². The van der Waals surface area contributed by atoms with Crippen LogP contribution in [0.25, 0.3) is 0 Å². The summed E-state index contributed by atoms with van der Waals surface area (Å²) in [5.74, 6) is 1.86. The molecule has 1 unspecified atom stereocenters. The molecule has 1 aliphatic rings. The third-order valence-electron chi connectivity index (χ3n) is 3.67. The number of aliphatic hydroxyl groups is 1. The van der Waals surface area contributed by atoms with Crippen molar-refractivity contribution in [3.05, 3.63) is 6.07 Å². The average Bonchev–Trinajstić information content (AvgIpc) is 2.54. The van der Waals surface area contributed by atoms with Crippen LogP contribution in [-0.4, -0.2) is 67.0 Å². The van der Waals surface area contributed by atoms with E-state index in [1.165, 1.54) is 0 Å². The quantitative estimate of drug-likeness (QED) is 0.763. The van der Waals surface area contributed by atoms with Crippen molar-refractivity contribution in [2.75, 3.05) is 52.3 Å². The fourth-order valence-corrected chi connectivity index (χ4v) is 2.52. The van der Waals surface area contributed by atoms with Crippen LogP contribution in [0.15, 0.2) is 6.07 Å². The lowest BCUT2D eigenvalue weighted by atomic mass is 9.99. The molecule has 0 bridgehead atoms. The topological polar surface area (TPSA) is 79.7 Å². The van der Waals surface area contributed by atoms with E-state index in [0.717, 1.165) is 39.0 Å². The van der Waals surface area contributed by atoms with E-state index < -0.39 is 0 Å². The van der Waals surface area contributed by atoms with Gasteiger partial charge in [0.05, 0.1) is 20.3 Å². The van der Waals surface area contributed by atoms with Gasteiger partial charge in [0.25, 0.3) is 0 Å². The highest BCUT2D eigenvalue weighted by atomic mass is 16.5. The van der Waals surface area contributed by atoms with Crippen molar-refractivity contribution in [3.63, 3.8) is 0 Å². The molecule has 0 amide bonds. The average molecular weight is 296 g/mol. The molecule has 2 rings (SSSR count). The molecule has 0 saturated carbocycles. The second-order valence-corrected chi connectivity index (χ2v) is 5.19.